The normalized spacial score (nSPS) is 13.3. The van der Waals surface area contributed by atoms with E-state index in [1.165, 1.54) is 0 Å². The largest absolute Gasteiger partial charge is 0.411 e. The third-order valence-electron chi connectivity index (χ3n) is 1.26. The zero-order valence-electron chi connectivity index (χ0n) is 6.59. The fourth-order valence-corrected chi connectivity index (χ4v) is 0.576. The standard InChI is InChI=1S/C7H13NO2/c1-7(2,3)6(8-10)4-5-9/h5,10H,4H2,1-3H3. The van der Waals surface area contributed by atoms with Gasteiger partial charge in [0.15, 0.2) is 0 Å². The topological polar surface area (TPSA) is 49.7 Å². The molecule has 0 atom stereocenters. The molecule has 0 bridgehead atoms. The van der Waals surface area contributed by atoms with Crippen molar-refractivity contribution in [3.05, 3.63) is 0 Å². The van der Waals surface area contributed by atoms with Gasteiger partial charge in [-0.2, -0.15) is 0 Å². The summed E-state index contributed by atoms with van der Waals surface area (Å²) in [6, 6.07) is 0. The van der Waals surface area contributed by atoms with Gasteiger partial charge in [-0.05, 0) is 0 Å². The Morgan fingerprint density at radius 3 is 2.20 bits per heavy atom. The molecule has 0 aromatic rings. The first-order chi connectivity index (χ1) is 4.52. The average Bonchev–Trinajstić information content (AvgIpc) is 1.80. The van der Waals surface area contributed by atoms with E-state index < -0.39 is 0 Å². The number of hydrogen-bond acceptors (Lipinski definition) is 3. The van der Waals surface area contributed by atoms with Crippen LogP contribution in [-0.2, 0) is 4.79 Å². The molecule has 0 radical (unpaired) electrons. The Morgan fingerprint density at radius 2 is 2.10 bits per heavy atom. The van der Waals surface area contributed by atoms with Gasteiger partial charge in [0.1, 0.15) is 6.29 Å². The number of carbonyl (C=O) groups excluding carboxylic acids is 1. The molecule has 58 valence electrons. The lowest BCUT2D eigenvalue weighted by Crippen LogP contribution is -2.20. The van der Waals surface area contributed by atoms with Gasteiger partial charge in [-0.3, -0.25) is 0 Å². The molecule has 0 heterocycles. The molecule has 0 aromatic carbocycles. The molecule has 3 nitrogen and oxygen atoms in total. The van der Waals surface area contributed by atoms with Crippen LogP contribution in [0.2, 0.25) is 0 Å². The van der Waals surface area contributed by atoms with Crippen molar-refractivity contribution >= 4 is 12.0 Å². The SMILES string of the molecule is CC(C)(C)C(CC=O)=NO. The van der Waals surface area contributed by atoms with E-state index >= 15 is 0 Å². The minimum absolute atomic E-state index is 0.208. The highest BCUT2D eigenvalue weighted by atomic mass is 16.4. The molecule has 3 heteroatoms. The molecule has 1 N–H and O–H groups in total. The van der Waals surface area contributed by atoms with Crippen molar-refractivity contribution < 1.29 is 10.0 Å². The number of aldehydes is 1. The van der Waals surface area contributed by atoms with Crippen molar-refractivity contribution in [2.45, 2.75) is 27.2 Å². The highest BCUT2D eigenvalue weighted by molar-refractivity contribution is 5.97. The fraction of sp³-hybridized carbons (Fsp3) is 0.714. The molecule has 10 heavy (non-hydrogen) atoms. The van der Waals surface area contributed by atoms with Crippen molar-refractivity contribution in [2.75, 3.05) is 0 Å². The second-order valence-corrected chi connectivity index (χ2v) is 3.17. The Hall–Kier alpha value is -0.860. The molecule has 0 rings (SSSR count). The van der Waals surface area contributed by atoms with Crippen LogP contribution in [0.15, 0.2) is 5.16 Å². The maximum absolute atomic E-state index is 10.0. The van der Waals surface area contributed by atoms with Crippen LogP contribution in [0.4, 0.5) is 0 Å². The van der Waals surface area contributed by atoms with Gasteiger partial charge in [0.2, 0.25) is 0 Å². The lowest BCUT2D eigenvalue weighted by Gasteiger charge is -2.17. The first-order valence-electron chi connectivity index (χ1n) is 3.17. The van der Waals surface area contributed by atoms with Crippen LogP contribution in [0.1, 0.15) is 27.2 Å². The monoisotopic (exact) mass is 143 g/mol. The van der Waals surface area contributed by atoms with Gasteiger partial charge in [0, 0.05) is 11.8 Å². The summed E-state index contributed by atoms with van der Waals surface area (Å²) in [6.45, 7) is 5.68. The van der Waals surface area contributed by atoms with E-state index in [1.54, 1.807) is 0 Å². The first-order valence-corrected chi connectivity index (χ1v) is 3.17. The van der Waals surface area contributed by atoms with Crippen molar-refractivity contribution in [2.24, 2.45) is 10.6 Å². The van der Waals surface area contributed by atoms with Crippen LogP contribution in [-0.4, -0.2) is 17.2 Å². The van der Waals surface area contributed by atoms with E-state index in [0.29, 0.717) is 5.71 Å². The fourth-order valence-electron chi connectivity index (χ4n) is 0.576. The van der Waals surface area contributed by atoms with Crippen molar-refractivity contribution in [1.82, 2.24) is 0 Å². The maximum Gasteiger partial charge on any atom is 0.125 e. The molecule has 0 fully saturated rings. The van der Waals surface area contributed by atoms with Gasteiger partial charge in [0.05, 0.1) is 5.71 Å². The number of nitrogens with zero attached hydrogens (tertiary/aromatic N) is 1. The number of oxime groups is 1. The summed E-state index contributed by atoms with van der Waals surface area (Å²) in [5, 5.41) is 11.5. The smallest absolute Gasteiger partial charge is 0.125 e. The number of hydrogen-bond donors (Lipinski definition) is 1. The molecule has 0 amide bonds. The Labute approximate surface area is 60.7 Å². The highest BCUT2D eigenvalue weighted by Crippen LogP contribution is 2.17. The minimum atomic E-state index is -0.213. The summed E-state index contributed by atoms with van der Waals surface area (Å²) >= 11 is 0. The predicted octanol–water partition coefficient (Wildman–Crippen LogP) is 1.45. The van der Waals surface area contributed by atoms with Crippen LogP contribution >= 0.6 is 0 Å². The minimum Gasteiger partial charge on any atom is -0.411 e. The van der Waals surface area contributed by atoms with Crippen molar-refractivity contribution in [3.63, 3.8) is 0 Å². The van der Waals surface area contributed by atoms with E-state index in [1.807, 2.05) is 20.8 Å². The zero-order valence-corrected chi connectivity index (χ0v) is 6.59. The Balaban J connectivity index is 4.23. The number of rotatable bonds is 2. The van der Waals surface area contributed by atoms with Gasteiger partial charge >= 0.3 is 0 Å². The summed E-state index contributed by atoms with van der Waals surface area (Å²) < 4.78 is 0. The van der Waals surface area contributed by atoms with E-state index in [0.717, 1.165) is 6.29 Å². The van der Waals surface area contributed by atoms with Gasteiger partial charge < -0.3 is 10.0 Å². The lowest BCUT2D eigenvalue weighted by molar-refractivity contribution is -0.107. The zero-order chi connectivity index (χ0) is 8.20. The van der Waals surface area contributed by atoms with E-state index in [9.17, 15) is 4.79 Å². The molecular formula is C7H13NO2. The van der Waals surface area contributed by atoms with Gasteiger partial charge in [-0.15, -0.1) is 0 Å². The van der Waals surface area contributed by atoms with Crippen LogP contribution in [0.3, 0.4) is 0 Å². The predicted molar refractivity (Wildman–Crippen MR) is 39.4 cm³/mol. The molecule has 0 unspecified atom stereocenters. The Morgan fingerprint density at radius 1 is 1.60 bits per heavy atom. The maximum atomic E-state index is 10.0. The summed E-state index contributed by atoms with van der Waals surface area (Å²) in [7, 11) is 0. The van der Waals surface area contributed by atoms with E-state index in [2.05, 4.69) is 5.16 Å². The van der Waals surface area contributed by atoms with E-state index in [-0.39, 0.29) is 11.8 Å². The first kappa shape index (κ1) is 9.14. The molecule has 0 aliphatic rings. The van der Waals surface area contributed by atoms with Gasteiger partial charge in [0.25, 0.3) is 0 Å². The Bertz CT molecular complexity index is 144. The summed E-state index contributed by atoms with van der Waals surface area (Å²) in [6.07, 6.45) is 0.945. The van der Waals surface area contributed by atoms with Crippen LogP contribution < -0.4 is 0 Å². The van der Waals surface area contributed by atoms with Crippen LogP contribution in [0.25, 0.3) is 0 Å². The third kappa shape index (κ3) is 2.62. The summed E-state index contributed by atoms with van der Waals surface area (Å²) in [5.74, 6) is 0. The van der Waals surface area contributed by atoms with E-state index in [4.69, 9.17) is 5.21 Å². The molecule has 0 aliphatic heterocycles. The average molecular weight is 143 g/mol. The summed E-state index contributed by atoms with van der Waals surface area (Å²) in [4.78, 5) is 10.0. The van der Waals surface area contributed by atoms with Gasteiger partial charge in [-0.25, -0.2) is 0 Å². The van der Waals surface area contributed by atoms with Crippen molar-refractivity contribution in [1.29, 1.82) is 0 Å². The van der Waals surface area contributed by atoms with Crippen molar-refractivity contribution in [3.8, 4) is 0 Å². The molecule has 0 spiro atoms. The molecule has 0 saturated carbocycles. The summed E-state index contributed by atoms with van der Waals surface area (Å²) in [5.41, 5.74) is 0.304. The molecule has 0 aromatic heterocycles. The Kier molecular flexibility index (Phi) is 3.06. The third-order valence-corrected chi connectivity index (χ3v) is 1.26. The molecule has 0 saturated heterocycles. The van der Waals surface area contributed by atoms with Crippen LogP contribution in [0.5, 0.6) is 0 Å². The van der Waals surface area contributed by atoms with Gasteiger partial charge in [-0.1, -0.05) is 25.9 Å². The molecular weight excluding hydrogens is 130 g/mol. The molecule has 0 aliphatic carbocycles. The second-order valence-electron chi connectivity index (χ2n) is 3.17. The highest BCUT2D eigenvalue weighted by Gasteiger charge is 2.18. The second kappa shape index (κ2) is 3.34. The quantitative estimate of drug-likeness (QED) is 0.275. The number of carbonyl (C=O) groups is 1. The van der Waals surface area contributed by atoms with Crippen LogP contribution in [0, 0.1) is 5.41 Å². The lowest BCUT2D eigenvalue weighted by atomic mass is 9.88.